The van der Waals surface area contributed by atoms with E-state index in [1.807, 2.05) is 6.92 Å². The lowest BCUT2D eigenvalue weighted by Crippen LogP contribution is -2.18. The largest absolute Gasteiger partial charge is 0.379 e. The first-order valence-corrected chi connectivity index (χ1v) is 7.03. The molecule has 0 amide bonds. The van der Waals surface area contributed by atoms with E-state index < -0.39 is 6.04 Å². The molecular weight excluding hydrogens is 329 g/mol. The fourth-order valence-electron chi connectivity index (χ4n) is 1.56. The van der Waals surface area contributed by atoms with Crippen LogP contribution in [0.3, 0.4) is 0 Å². The molecule has 0 aliphatic carbocycles. The van der Waals surface area contributed by atoms with Gasteiger partial charge in [0.1, 0.15) is 5.82 Å². The Hall–Kier alpha value is -1.31. The summed E-state index contributed by atoms with van der Waals surface area (Å²) in [5.74, 6) is 0.321. The first-order valence-electron chi connectivity index (χ1n) is 6.24. The minimum atomic E-state index is -0.442. The summed E-state index contributed by atoms with van der Waals surface area (Å²) in [5, 5.41) is 3.82. The first-order chi connectivity index (χ1) is 9.61. The maximum atomic E-state index is 13.2. The number of nitrogens with zero attached hydrogens (tertiary/aromatic N) is 2. The fraction of sp³-hybridized carbons (Fsp3) is 0.385. The van der Waals surface area contributed by atoms with Crippen molar-refractivity contribution in [2.24, 2.45) is 5.73 Å². The highest BCUT2D eigenvalue weighted by Gasteiger charge is 2.16. The first kappa shape index (κ1) is 15.1. The quantitative estimate of drug-likeness (QED) is 0.816. The molecule has 1 atom stereocenters. The summed E-state index contributed by atoms with van der Waals surface area (Å²) < 4.78 is 24.0. The zero-order valence-electron chi connectivity index (χ0n) is 11.0. The topological polar surface area (TPSA) is 74.2 Å². The number of nitrogens with two attached hydrogens (primary N) is 1. The molecule has 1 heterocycles. The summed E-state index contributed by atoms with van der Waals surface area (Å²) in [4.78, 5) is 4.20. The van der Waals surface area contributed by atoms with Crippen LogP contribution in [0.15, 0.2) is 27.2 Å². The van der Waals surface area contributed by atoms with Gasteiger partial charge in [-0.15, -0.1) is 0 Å². The highest BCUT2D eigenvalue weighted by Crippen LogP contribution is 2.24. The predicted molar refractivity (Wildman–Crippen MR) is 75.4 cm³/mol. The van der Waals surface area contributed by atoms with E-state index >= 15 is 0 Å². The number of ether oxygens (including phenoxy) is 1. The van der Waals surface area contributed by atoms with E-state index in [4.69, 9.17) is 15.0 Å². The predicted octanol–water partition coefficient (Wildman–Crippen LogP) is 3.06. The second kappa shape index (κ2) is 6.92. The van der Waals surface area contributed by atoms with Gasteiger partial charge < -0.3 is 15.0 Å². The van der Waals surface area contributed by atoms with Crippen LogP contribution in [-0.2, 0) is 4.74 Å². The van der Waals surface area contributed by atoms with Crippen molar-refractivity contribution in [3.63, 3.8) is 0 Å². The monoisotopic (exact) mass is 343 g/mol. The summed E-state index contributed by atoms with van der Waals surface area (Å²) in [6, 6.07) is 4.03. The van der Waals surface area contributed by atoms with Crippen LogP contribution < -0.4 is 5.73 Å². The average Bonchev–Trinajstić information content (AvgIpc) is 2.92. The molecule has 2 aromatic rings. The summed E-state index contributed by atoms with van der Waals surface area (Å²) >= 11 is 3.11. The van der Waals surface area contributed by atoms with Crippen LogP contribution in [0.25, 0.3) is 11.5 Å². The zero-order valence-corrected chi connectivity index (χ0v) is 12.6. The Balaban J connectivity index is 2.09. The van der Waals surface area contributed by atoms with E-state index in [1.165, 1.54) is 6.07 Å². The minimum Gasteiger partial charge on any atom is -0.379 e. The summed E-state index contributed by atoms with van der Waals surface area (Å²) in [6.07, 6.45) is 0.924. The number of aromatic nitrogens is 2. The Bertz CT molecular complexity index is 576. The SMILES string of the molecule is CCCOCC(N)c1noc(-c2ccc(F)c(Br)c2)n1. The Morgan fingerprint density at radius 3 is 3.00 bits per heavy atom. The Kier molecular flexibility index (Phi) is 5.22. The summed E-state index contributed by atoms with van der Waals surface area (Å²) in [7, 11) is 0. The Morgan fingerprint density at radius 2 is 2.30 bits per heavy atom. The molecule has 20 heavy (non-hydrogen) atoms. The number of rotatable bonds is 6. The van der Waals surface area contributed by atoms with Crippen LogP contribution in [0.2, 0.25) is 0 Å². The number of benzene rings is 1. The maximum absolute atomic E-state index is 13.2. The Labute approximate surface area is 124 Å². The minimum absolute atomic E-state index is 0.298. The molecule has 2 N–H and O–H groups in total. The van der Waals surface area contributed by atoms with Crippen LogP contribution >= 0.6 is 15.9 Å². The van der Waals surface area contributed by atoms with Crippen LogP contribution in [0.4, 0.5) is 4.39 Å². The van der Waals surface area contributed by atoms with E-state index in [-0.39, 0.29) is 5.82 Å². The van der Waals surface area contributed by atoms with Gasteiger partial charge in [-0.25, -0.2) is 4.39 Å². The van der Waals surface area contributed by atoms with Crippen molar-refractivity contribution in [2.75, 3.05) is 13.2 Å². The summed E-state index contributed by atoms with van der Waals surface area (Å²) in [5.41, 5.74) is 6.53. The lowest BCUT2D eigenvalue weighted by molar-refractivity contribution is 0.119. The van der Waals surface area contributed by atoms with Crippen LogP contribution in [0, 0.1) is 5.82 Å². The van der Waals surface area contributed by atoms with Crippen LogP contribution in [-0.4, -0.2) is 23.4 Å². The summed E-state index contributed by atoms with van der Waals surface area (Å²) in [6.45, 7) is 2.99. The highest BCUT2D eigenvalue weighted by molar-refractivity contribution is 9.10. The molecule has 5 nitrogen and oxygen atoms in total. The van der Waals surface area contributed by atoms with E-state index in [0.29, 0.717) is 35.0 Å². The normalized spacial score (nSPS) is 12.6. The zero-order chi connectivity index (χ0) is 14.5. The molecule has 2 rings (SSSR count). The van der Waals surface area contributed by atoms with Crippen molar-refractivity contribution >= 4 is 15.9 Å². The lowest BCUT2D eigenvalue weighted by Gasteiger charge is -2.06. The van der Waals surface area contributed by atoms with Gasteiger partial charge in [-0.05, 0) is 40.5 Å². The molecule has 0 bridgehead atoms. The molecule has 1 unspecified atom stereocenters. The van der Waals surface area contributed by atoms with Crippen molar-refractivity contribution in [2.45, 2.75) is 19.4 Å². The third kappa shape index (κ3) is 3.62. The van der Waals surface area contributed by atoms with E-state index in [9.17, 15) is 4.39 Å². The van der Waals surface area contributed by atoms with Crippen molar-refractivity contribution in [1.82, 2.24) is 10.1 Å². The molecule has 0 spiro atoms. The van der Waals surface area contributed by atoms with Gasteiger partial charge in [-0.2, -0.15) is 4.98 Å². The van der Waals surface area contributed by atoms with Gasteiger partial charge >= 0.3 is 0 Å². The van der Waals surface area contributed by atoms with Crippen molar-refractivity contribution in [3.05, 3.63) is 34.3 Å². The van der Waals surface area contributed by atoms with Crippen molar-refractivity contribution in [3.8, 4) is 11.5 Å². The van der Waals surface area contributed by atoms with E-state index in [0.717, 1.165) is 6.42 Å². The van der Waals surface area contributed by atoms with Gasteiger partial charge in [0, 0.05) is 12.2 Å². The van der Waals surface area contributed by atoms with Crippen LogP contribution in [0.5, 0.6) is 0 Å². The molecule has 0 saturated carbocycles. The van der Waals surface area contributed by atoms with Gasteiger partial charge in [0.05, 0.1) is 17.1 Å². The van der Waals surface area contributed by atoms with E-state index in [2.05, 4.69) is 26.1 Å². The molecule has 0 aliphatic rings. The molecule has 108 valence electrons. The maximum Gasteiger partial charge on any atom is 0.258 e. The third-order valence-corrected chi connectivity index (χ3v) is 3.19. The molecule has 0 saturated heterocycles. The molecule has 0 aliphatic heterocycles. The van der Waals surface area contributed by atoms with Crippen molar-refractivity contribution < 1.29 is 13.7 Å². The fourth-order valence-corrected chi connectivity index (χ4v) is 1.94. The number of hydrogen-bond donors (Lipinski definition) is 1. The molecular formula is C13H15BrFN3O2. The smallest absolute Gasteiger partial charge is 0.258 e. The second-order valence-electron chi connectivity index (χ2n) is 4.27. The number of hydrogen-bond acceptors (Lipinski definition) is 5. The second-order valence-corrected chi connectivity index (χ2v) is 5.12. The highest BCUT2D eigenvalue weighted by atomic mass is 79.9. The van der Waals surface area contributed by atoms with Gasteiger partial charge in [0.15, 0.2) is 5.82 Å². The number of halogens is 2. The molecule has 1 aromatic carbocycles. The van der Waals surface area contributed by atoms with Crippen LogP contribution in [0.1, 0.15) is 25.2 Å². The third-order valence-electron chi connectivity index (χ3n) is 2.59. The van der Waals surface area contributed by atoms with Gasteiger partial charge in [0.2, 0.25) is 0 Å². The standard InChI is InChI=1S/C13H15BrFN3O2/c1-2-5-19-7-11(16)12-17-13(20-18-12)8-3-4-10(15)9(14)6-8/h3-4,6,11H,2,5,7,16H2,1H3. The van der Waals surface area contributed by atoms with E-state index in [1.54, 1.807) is 12.1 Å². The van der Waals surface area contributed by atoms with Gasteiger partial charge in [0.25, 0.3) is 5.89 Å². The van der Waals surface area contributed by atoms with Crippen molar-refractivity contribution in [1.29, 1.82) is 0 Å². The average molecular weight is 344 g/mol. The van der Waals surface area contributed by atoms with Gasteiger partial charge in [-0.3, -0.25) is 0 Å². The molecule has 0 fully saturated rings. The Morgan fingerprint density at radius 1 is 1.50 bits per heavy atom. The molecule has 1 aromatic heterocycles. The van der Waals surface area contributed by atoms with Gasteiger partial charge in [-0.1, -0.05) is 12.1 Å². The molecule has 0 radical (unpaired) electrons. The molecule has 7 heteroatoms. The lowest BCUT2D eigenvalue weighted by atomic mass is 10.2.